The molecule has 2 aromatic heterocycles. The van der Waals surface area contributed by atoms with E-state index in [-0.39, 0.29) is 11.4 Å². The Morgan fingerprint density at radius 1 is 1.22 bits per heavy atom. The molecule has 1 amide bonds. The van der Waals surface area contributed by atoms with E-state index in [2.05, 4.69) is 15.5 Å². The minimum absolute atomic E-state index is 0.0258. The Balaban J connectivity index is 1.83. The van der Waals surface area contributed by atoms with Crippen LogP contribution in [-0.2, 0) is 0 Å². The monoisotopic (exact) mass is 363 g/mol. The number of aromatic nitrogens is 2. The van der Waals surface area contributed by atoms with Crippen molar-refractivity contribution in [3.63, 3.8) is 0 Å². The Hall–Kier alpha value is -3.81. The summed E-state index contributed by atoms with van der Waals surface area (Å²) in [5, 5.41) is 15.0. The topological polar surface area (TPSA) is 102 Å². The minimum Gasteiger partial charge on any atom is -0.318 e. The van der Waals surface area contributed by atoms with Crippen molar-refractivity contribution in [1.29, 1.82) is 0 Å². The molecular weight excluding hydrogens is 346 g/mol. The Morgan fingerprint density at radius 3 is 2.74 bits per heavy atom. The van der Waals surface area contributed by atoms with Gasteiger partial charge in [0.2, 0.25) is 0 Å². The summed E-state index contributed by atoms with van der Waals surface area (Å²) in [7, 11) is 0. The van der Waals surface area contributed by atoms with Gasteiger partial charge in [0, 0.05) is 35.3 Å². The third kappa shape index (κ3) is 3.90. The van der Waals surface area contributed by atoms with Gasteiger partial charge < -0.3 is 4.57 Å². The maximum Gasteiger partial charge on any atom is 0.289 e. The minimum atomic E-state index is -0.423. The van der Waals surface area contributed by atoms with Crippen molar-refractivity contribution in [2.75, 3.05) is 0 Å². The summed E-state index contributed by atoms with van der Waals surface area (Å²) in [6, 6.07) is 13.4. The maximum atomic E-state index is 12.0. The van der Waals surface area contributed by atoms with Crippen LogP contribution in [0.5, 0.6) is 0 Å². The van der Waals surface area contributed by atoms with Crippen LogP contribution in [0.1, 0.15) is 27.4 Å². The molecule has 0 aliphatic carbocycles. The van der Waals surface area contributed by atoms with Gasteiger partial charge in [0.25, 0.3) is 11.6 Å². The van der Waals surface area contributed by atoms with Crippen molar-refractivity contribution in [2.24, 2.45) is 5.10 Å². The molecule has 1 N–H and O–H groups in total. The van der Waals surface area contributed by atoms with E-state index in [9.17, 15) is 14.9 Å². The number of nitrogens with zero attached hydrogens (tertiary/aromatic N) is 4. The van der Waals surface area contributed by atoms with E-state index in [1.54, 1.807) is 30.3 Å². The number of nitrogens with one attached hydrogen (secondary N) is 1. The lowest BCUT2D eigenvalue weighted by atomic mass is 10.2. The number of non-ortho nitro benzene ring substituents is 1. The lowest BCUT2D eigenvalue weighted by Gasteiger charge is -2.09. The molecule has 3 aromatic rings. The van der Waals surface area contributed by atoms with Gasteiger partial charge in [0.1, 0.15) is 5.69 Å². The van der Waals surface area contributed by atoms with E-state index in [1.165, 1.54) is 24.5 Å². The van der Waals surface area contributed by atoms with Crippen molar-refractivity contribution < 1.29 is 9.72 Å². The molecule has 0 spiro atoms. The zero-order chi connectivity index (χ0) is 19.4. The van der Waals surface area contributed by atoms with Crippen molar-refractivity contribution >= 4 is 17.8 Å². The normalized spacial score (nSPS) is 10.9. The fourth-order valence-corrected chi connectivity index (χ4v) is 2.78. The van der Waals surface area contributed by atoms with Crippen LogP contribution in [0, 0.1) is 24.0 Å². The first-order valence-electron chi connectivity index (χ1n) is 8.15. The summed E-state index contributed by atoms with van der Waals surface area (Å²) in [6.07, 6.45) is 3.07. The Bertz CT molecular complexity index is 1030. The quantitative estimate of drug-likeness (QED) is 0.427. The predicted molar refractivity (Wildman–Crippen MR) is 101 cm³/mol. The fraction of sp³-hybridized carbons (Fsp3) is 0.105. The molecule has 0 saturated carbocycles. The van der Waals surface area contributed by atoms with E-state index in [1.807, 2.05) is 24.5 Å². The van der Waals surface area contributed by atoms with Crippen LogP contribution < -0.4 is 5.43 Å². The van der Waals surface area contributed by atoms with Crippen molar-refractivity contribution in [3.8, 4) is 5.69 Å². The number of hydrogen-bond acceptors (Lipinski definition) is 5. The number of pyridine rings is 1. The first-order chi connectivity index (χ1) is 13.0. The molecule has 3 rings (SSSR count). The van der Waals surface area contributed by atoms with Crippen LogP contribution in [0.4, 0.5) is 5.69 Å². The predicted octanol–water partition coefficient (Wildman–Crippen LogP) is 3.16. The molecular formula is C19H17N5O3. The number of aryl methyl sites for hydroxylation is 1. The summed E-state index contributed by atoms with van der Waals surface area (Å²) in [5.74, 6) is -0.403. The van der Waals surface area contributed by atoms with Gasteiger partial charge >= 0.3 is 0 Å². The smallest absolute Gasteiger partial charge is 0.289 e. The number of carbonyl (C=O) groups is 1. The fourth-order valence-electron chi connectivity index (χ4n) is 2.78. The van der Waals surface area contributed by atoms with Crippen LogP contribution in [0.3, 0.4) is 0 Å². The van der Waals surface area contributed by atoms with Gasteiger partial charge in [-0.2, -0.15) is 5.10 Å². The third-order valence-corrected chi connectivity index (χ3v) is 4.04. The molecule has 0 unspecified atom stereocenters. The molecule has 27 heavy (non-hydrogen) atoms. The second kappa shape index (κ2) is 7.61. The lowest BCUT2D eigenvalue weighted by molar-refractivity contribution is -0.384. The second-order valence-corrected chi connectivity index (χ2v) is 5.85. The zero-order valence-electron chi connectivity index (χ0n) is 14.8. The molecule has 1 aromatic carbocycles. The SMILES string of the molecule is Cc1cc(/C=N/NC(=O)c2ccccn2)c(C)n1-c1cccc([N+](=O)[O-])c1. The standard InChI is InChI=1S/C19H17N5O3/c1-13-10-15(12-21-22-19(25)18-8-3-4-9-20-18)14(2)23(13)16-6-5-7-17(11-16)24(26)27/h3-12H,1-2H3,(H,22,25)/b21-12+. The molecule has 0 aliphatic rings. The summed E-state index contributed by atoms with van der Waals surface area (Å²) in [6.45, 7) is 3.78. The molecule has 2 heterocycles. The average molecular weight is 363 g/mol. The highest BCUT2D eigenvalue weighted by molar-refractivity contribution is 5.93. The first-order valence-corrected chi connectivity index (χ1v) is 8.15. The van der Waals surface area contributed by atoms with Gasteiger partial charge in [-0.3, -0.25) is 19.9 Å². The molecule has 0 aliphatic heterocycles. The van der Waals surface area contributed by atoms with E-state index < -0.39 is 10.8 Å². The maximum absolute atomic E-state index is 12.0. The molecule has 0 fully saturated rings. The highest BCUT2D eigenvalue weighted by atomic mass is 16.6. The number of benzene rings is 1. The summed E-state index contributed by atoms with van der Waals surface area (Å²) in [4.78, 5) is 26.5. The number of hydrazone groups is 1. The van der Waals surface area contributed by atoms with Gasteiger partial charge in [-0.05, 0) is 38.1 Å². The molecule has 8 nitrogen and oxygen atoms in total. The molecule has 0 radical (unpaired) electrons. The third-order valence-electron chi connectivity index (χ3n) is 4.04. The largest absolute Gasteiger partial charge is 0.318 e. The van der Waals surface area contributed by atoms with Crippen LogP contribution in [0.25, 0.3) is 5.69 Å². The van der Waals surface area contributed by atoms with Crippen LogP contribution in [0.2, 0.25) is 0 Å². The summed E-state index contributed by atoms with van der Waals surface area (Å²) < 4.78 is 1.90. The number of carbonyl (C=O) groups excluding carboxylic acids is 1. The Labute approximate surface area is 155 Å². The van der Waals surface area contributed by atoms with Gasteiger partial charge in [0.15, 0.2) is 0 Å². The number of nitro benzene ring substituents is 1. The van der Waals surface area contributed by atoms with Gasteiger partial charge in [-0.25, -0.2) is 5.43 Å². The molecule has 8 heteroatoms. The first kappa shape index (κ1) is 18.0. The van der Waals surface area contributed by atoms with Crippen molar-refractivity contribution in [1.82, 2.24) is 15.0 Å². The van der Waals surface area contributed by atoms with Crippen LogP contribution >= 0.6 is 0 Å². The molecule has 0 atom stereocenters. The number of hydrogen-bond donors (Lipinski definition) is 1. The second-order valence-electron chi connectivity index (χ2n) is 5.85. The van der Waals surface area contributed by atoms with Crippen molar-refractivity contribution in [3.05, 3.63) is 87.5 Å². The van der Waals surface area contributed by atoms with Gasteiger partial charge in [-0.1, -0.05) is 12.1 Å². The van der Waals surface area contributed by atoms with Crippen LogP contribution in [0.15, 0.2) is 59.8 Å². The van der Waals surface area contributed by atoms with E-state index >= 15 is 0 Å². The Morgan fingerprint density at radius 2 is 2.04 bits per heavy atom. The van der Waals surface area contributed by atoms with Crippen molar-refractivity contribution in [2.45, 2.75) is 13.8 Å². The molecule has 0 saturated heterocycles. The van der Waals surface area contributed by atoms with E-state index in [0.717, 1.165) is 17.0 Å². The van der Waals surface area contributed by atoms with Gasteiger partial charge in [0.05, 0.1) is 16.8 Å². The highest BCUT2D eigenvalue weighted by Gasteiger charge is 2.13. The van der Waals surface area contributed by atoms with E-state index in [0.29, 0.717) is 5.69 Å². The number of rotatable bonds is 5. The summed E-state index contributed by atoms with van der Waals surface area (Å²) >= 11 is 0. The molecule has 0 bridgehead atoms. The summed E-state index contributed by atoms with van der Waals surface area (Å²) in [5.41, 5.74) is 5.96. The zero-order valence-corrected chi connectivity index (χ0v) is 14.8. The Kier molecular flexibility index (Phi) is 5.07. The van der Waals surface area contributed by atoms with Crippen LogP contribution in [-0.4, -0.2) is 26.6 Å². The average Bonchev–Trinajstić information content (AvgIpc) is 2.96. The van der Waals surface area contributed by atoms with E-state index in [4.69, 9.17) is 0 Å². The number of amides is 1. The van der Waals surface area contributed by atoms with Gasteiger partial charge in [-0.15, -0.1) is 0 Å². The number of nitro groups is 1. The lowest BCUT2D eigenvalue weighted by Crippen LogP contribution is -2.18. The highest BCUT2D eigenvalue weighted by Crippen LogP contribution is 2.23. The molecule has 136 valence electrons.